The van der Waals surface area contributed by atoms with E-state index >= 15 is 0 Å². The molecule has 23 heavy (non-hydrogen) atoms. The van der Waals surface area contributed by atoms with Crippen LogP contribution in [-0.4, -0.2) is 30.1 Å². The first kappa shape index (κ1) is 16.1. The number of aryl methyl sites for hydroxylation is 1. The fourth-order valence-corrected chi connectivity index (χ4v) is 3.51. The molecule has 3 rings (SSSR count). The van der Waals surface area contributed by atoms with Crippen LogP contribution < -0.4 is 11.1 Å². The molecule has 1 fully saturated rings. The van der Waals surface area contributed by atoms with E-state index in [1.54, 1.807) is 0 Å². The molecule has 1 aromatic carbocycles. The van der Waals surface area contributed by atoms with Crippen LogP contribution >= 0.6 is 11.3 Å². The molecule has 0 spiro atoms. The molecule has 0 aliphatic carbocycles. The van der Waals surface area contributed by atoms with Crippen molar-refractivity contribution < 1.29 is 9.53 Å². The van der Waals surface area contributed by atoms with Crippen molar-refractivity contribution in [2.24, 2.45) is 11.7 Å². The van der Waals surface area contributed by atoms with Crippen molar-refractivity contribution in [1.82, 2.24) is 4.98 Å². The molecular weight excluding hydrogens is 310 g/mol. The number of hydrogen-bond donors (Lipinski definition) is 2. The highest BCUT2D eigenvalue weighted by Crippen LogP contribution is 2.27. The first-order chi connectivity index (χ1) is 11.1. The maximum Gasteiger partial charge on any atom is 0.243 e. The molecule has 0 bridgehead atoms. The van der Waals surface area contributed by atoms with Crippen LogP contribution in [0.15, 0.2) is 29.6 Å². The average molecular weight is 331 g/mol. The third-order valence-corrected chi connectivity index (χ3v) is 4.99. The molecular formula is C17H21N3O2S. The number of nitrogens with one attached hydrogen (secondary N) is 1. The third-order valence-electron chi connectivity index (χ3n) is 4.23. The summed E-state index contributed by atoms with van der Waals surface area (Å²) in [6, 6.07) is 7.56. The van der Waals surface area contributed by atoms with Crippen LogP contribution in [0.5, 0.6) is 0 Å². The maximum absolute atomic E-state index is 12.3. The Morgan fingerprint density at radius 3 is 2.87 bits per heavy atom. The largest absolute Gasteiger partial charge is 0.381 e. The third kappa shape index (κ3) is 3.77. The van der Waals surface area contributed by atoms with Crippen LogP contribution in [0.2, 0.25) is 0 Å². The molecule has 0 saturated carbocycles. The van der Waals surface area contributed by atoms with Crippen LogP contribution in [0, 0.1) is 12.8 Å². The molecule has 1 aromatic heterocycles. The van der Waals surface area contributed by atoms with Gasteiger partial charge in [0, 0.05) is 24.2 Å². The highest BCUT2D eigenvalue weighted by atomic mass is 32.1. The number of hydrogen-bond acceptors (Lipinski definition) is 5. The zero-order chi connectivity index (χ0) is 16.2. The van der Waals surface area contributed by atoms with Gasteiger partial charge in [0.15, 0.2) is 5.13 Å². The van der Waals surface area contributed by atoms with Gasteiger partial charge in [-0.15, -0.1) is 11.3 Å². The molecule has 1 aliphatic heterocycles. The van der Waals surface area contributed by atoms with Gasteiger partial charge in [0.05, 0.1) is 11.7 Å². The molecule has 2 heterocycles. The lowest BCUT2D eigenvalue weighted by atomic mass is 9.92. The molecule has 2 aromatic rings. The number of rotatable bonds is 4. The number of thiazole rings is 1. The van der Waals surface area contributed by atoms with E-state index in [-0.39, 0.29) is 11.8 Å². The molecule has 1 amide bonds. The van der Waals surface area contributed by atoms with E-state index in [4.69, 9.17) is 10.5 Å². The lowest BCUT2D eigenvalue weighted by Gasteiger charge is -2.26. The molecule has 122 valence electrons. The van der Waals surface area contributed by atoms with Crippen molar-refractivity contribution >= 4 is 22.4 Å². The fraction of sp³-hybridized carbons (Fsp3) is 0.412. The molecule has 1 aliphatic rings. The Bertz CT molecular complexity index is 680. The lowest BCUT2D eigenvalue weighted by molar-refractivity contribution is -0.119. The molecule has 0 radical (unpaired) electrons. The minimum Gasteiger partial charge on any atom is -0.381 e. The smallest absolute Gasteiger partial charge is 0.243 e. The van der Waals surface area contributed by atoms with E-state index in [1.165, 1.54) is 11.3 Å². The van der Waals surface area contributed by atoms with Gasteiger partial charge in [0.2, 0.25) is 5.91 Å². The van der Waals surface area contributed by atoms with Crippen molar-refractivity contribution in [3.63, 3.8) is 0 Å². The van der Waals surface area contributed by atoms with E-state index in [9.17, 15) is 4.79 Å². The second-order valence-electron chi connectivity index (χ2n) is 5.82. The summed E-state index contributed by atoms with van der Waals surface area (Å²) in [7, 11) is 0. The second kappa shape index (κ2) is 7.21. The Balaban J connectivity index is 1.66. The number of nitrogens with two attached hydrogens (primary N) is 1. The normalized spacial score (nSPS) is 17.0. The van der Waals surface area contributed by atoms with Crippen molar-refractivity contribution in [3.05, 3.63) is 35.2 Å². The van der Waals surface area contributed by atoms with Gasteiger partial charge in [-0.1, -0.05) is 24.3 Å². The van der Waals surface area contributed by atoms with Crippen LogP contribution in [0.25, 0.3) is 11.3 Å². The summed E-state index contributed by atoms with van der Waals surface area (Å²) in [6.07, 6.45) is 1.67. The zero-order valence-electron chi connectivity index (χ0n) is 13.1. The van der Waals surface area contributed by atoms with E-state index in [1.807, 2.05) is 36.6 Å². The molecule has 6 heteroatoms. The first-order valence-electron chi connectivity index (χ1n) is 7.81. The van der Waals surface area contributed by atoms with Gasteiger partial charge >= 0.3 is 0 Å². The quantitative estimate of drug-likeness (QED) is 0.903. The number of anilines is 1. The van der Waals surface area contributed by atoms with Gasteiger partial charge in [0.1, 0.15) is 0 Å². The molecule has 1 saturated heterocycles. The summed E-state index contributed by atoms with van der Waals surface area (Å²) in [6.45, 7) is 3.41. The Kier molecular flexibility index (Phi) is 5.05. The Labute approximate surface area is 139 Å². The van der Waals surface area contributed by atoms with Crippen molar-refractivity contribution in [2.75, 3.05) is 18.5 Å². The second-order valence-corrected chi connectivity index (χ2v) is 6.68. The van der Waals surface area contributed by atoms with Gasteiger partial charge in [-0.05, 0) is 31.2 Å². The highest BCUT2D eigenvalue weighted by molar-refractivity contribution is 7.14. The van der Waals surface area contributed by atoms with Gasteiger partial charge < -0.3 is 15.8 Å². The van der Waals surface area contributed by atoms with Gasteiger partial charge in [0.25, 0.3) is 0 Å². The summed E-state index contributed by atoms with van der Waals surface area (Å²) in [5.74, 6) is 0.0159. The molecule has 1 atom stereocenters. The SMILES string of the molecule is Cc1ccccc1-c1csc(NC(=O)C(N)C2CCOCC2)n1. The standard InChI is InChI=1S/C17H21N3O2S/c1-11-4-2-3-5-13(11)14-10-23-17(19-14)20-16(21)15(18)12-6-8-22-9-7-12/h2-5,10,12,15H,6-9,18H2,1H3,(H,19,20,21). The van der Waals surface area contributed by atoms with E-state index in [0.717, 1.165) is 29.7 Å². The summed E-state index contributed by atoms with van der Waals surface area (Å²) in [4.78, 5) is 16.8. The number of nitrogens with zero attached hydrogens (tertiary/aromatic N) is 1. The van der Waals surface area contributed by atoms with Crippen molar-refractivity contribution in [2.45, 2.75) is 25.8 Å². The molecule has 5 nitrogen and oxygen atoms in total. The van der Waals surface area contributed by atoms with E-state index < -0.39 is 6.04 Å². The maximum atomic E-state index is 12.3. The number of carbonyl (C=O) groups excluding carboxylic acids is 1. The summed E-state index contributed by atoms with van der Waals surface area (Å²) in [5, 5.41) is 5.40. The van der Waals surface area contributed by atoms with E-state index in [2.05, 4.69) is 10.3 Å². The number of aromatic nitrogens is 1. The van der Waals surface area contributed by atoms with Crippen LogP contribution in [0.4, 0.5) is 5.13 Å². The first-order valence-corrected chi connectivity index (χ1v) is 8.69. The minimum absolute atomic E-state index is 0.164. The molecule has 1 unspecified atom stereocenters. The fourth-order valence-electron chi connectivity index (χ4n) is 2.79. The summed E-state index contributed by atoms with van der Waals surface area (Å²) < 4.78 is 5.31. The Hall–Kier alpha value is -1.76. The Morgan fingerprint density at radius 1 is 1.39 bits per heavy atom. The number of carbonyl (C=O) groups is 1. The number of amides is 1. The molecule has 3 N–H and O–H groups in total. The van der Waals surface area contributed by atoms with Gasteiger partial charge in [-0.25, -0.2) is 4.98 Å². The predicted molar refractivity (Wildman–Crippen MR) is 92.4 cm³/mol. The van der Waals surface area contributed by atoms with E-state index in [0.29, 0.717) is 18.3 Å². The predicted octanol–water partition coefficient (Wildman–Crippen LogP) is 2.81. The van der Waals surface area contributed by atoms with Crippen LogP contribution in [0.3, 0.4) is 0 Å². The summed E-state index contributed by atoms with van der Waals surface area (Å²) >= 11 is 1.42. The highest BCUT2D eigenvalue weighted by Gasteiger charge is 2.27. The number of ether oxygens (including phenoxy) is 1. The zero-order valence-corrected chi connectivity index (χ0v) is 13.9. The monoisotopic (exact) mass is 331 g/mol. The van der Waals surface area contributed by atoms with Crippen molar-refractivity contribution in [3.8, 4) is 11.3 Å². The Morgan fingerprint density at radius 2 is 2.13 bits per heavy atom. The van der Waals surface area contributed by atoms with Crippen LogP contribution in [-0.2, 0) is 9.53 Å². The van der Waals surface area contributed by atoms with Gasteiger partial charge in [-0.3, -0.25) is 4.79 Å². The van der Waals surface area contributed by atoms with Gasteiger partial charge in [-0.2, -0.15) is 0 Å². The topological polar surface area (TPSA) is 77.2 Å². The lowest BCUT2D eigenvalue weighted by Crippen LogP contribution is -2.43. The average Bonchev–Trinajstić information content (AvgIpc) is 3.03. The van der Waals surface area contributed by atoms with Crippen molar-refractivity contribution in [1.29, 1.82) is 0 Å². The minimum atomic E-state index is -0.510. The number of benzene rings is 1. The summed E-state index contributed by atoms with van der Waals surface area (Å²) in [5.41, 5.74) is 9.21. The van der Waals surface area contributed by atoms with Crippen LogP contribution in [0.1, 0.15) is 18.4 Å².